The predicted octanol–water partition coefficient (Wildman–Crippen LogP) is 3.62. The molecule has 3 amide bonds. The minimum absolute atomic E-state index is 0.0753. The summed E-state index contributed by atoms with van der Waals surface area (Å²) in [4.78, 5) is 51.8. The van der Waals surface area contributed by atoms with Crippen LogP contribution in [0, 0.1) is 0 Å². The fourth-order valence-corrected chi connectivity index (χ4v) is 4.05. The van der Waals surface area contributed by atoms with Gasteiger partial charge in [-0.05, 0) is 59.2 Å². The SMILES string of the molecule is CCOC(=O)n1nc(NC(=O)c2ccc3c(c2)NC(=O)C3(C)C)c2c1CN(C(=O)OC(C)(C)C)C2. The third-order valence-electron chi connectivity index (χ3n) is 5.87. The summed E-state index contributed by atoms with van der Waals surface area (Å²) in [5, 5.41) is 9.79. The Morgan fingerprint density at radius 3 is 2.54 bits per heavy atom. The topological polar surface area (TPSA) is 132 Å². The third-order valence-corrected chi connectivity index (χ3v) is 5.87. The Morgan fingerprint density at radius 2 is 1.89 bits per heavy atom. The molecule has 11 nitrogen and oxygen atoms in total. The van der Waals surface area contributed by atoms with Crippen LogP contribution in [0.25, 0.3) is 0 Å². The number of rotatable bonds is 3. The number of nitrogens with zero attached hydrogens (tertiary/aromatic N) is 3. The van der Waals surface area contributed by atoms with E-state index in [2.05, 4.69) is 15.7 Å². The molecule has 186 valence electrons. The number of nitrogens with one attached hydrogen (secondary N) is 2. The summed E-state index contributed by atoms with van der Waals surface area (Å²) >= 11 is 0. The number of fused-ring (bicyclic) bond motifs is 2. The molecule has 35 heavy (non-hydrogen) atoms. The lowest BCUT2D eigenvalue weighted by atomic mass is 9.86. The second-order valence-electron chi connectivity index (χ2n) is 10.0. The van der Waals surface area contributed by atoms with E-state index in [1.807, 2.05) is 13.8 Å². The predicted molar refractivity (Wildman–Crippen MR) is 126 cm³/mol. The number of anilines is 2. The molecule has 2 N–H and O–H groups in total. The molecule has 0 spiro atoms. The Bertz CT molecular complexity index is 1240. The summed E-state index contributed by atoms with van der Waals surface area (Å²) in [7, 11) is 0. The van der Waals surface area contributed by atoms with Gasteiger partial charge in [0.25, 0.3) is 5.91 Å². The zero-order valence-electron chi connectivity index (χ0n) is 20.6. The Kier molecular flexibility index (Phi) is 5.82. The molecule has 11 heteroatoms. The minimum Gasteiger partial charge on any atom is -0.448 e. The summed E-state index contributed by atoms with van der Waals surface area (Å²) in [6.45, 7) is 10.9. The molecular formula is C24H29N5O6. The number of aromatic nitrogens is 2. The van der Waals surface area contributed by atoms with Crippen molar-refractivity contribution in [1.82, 2.24) is 14.7 Å². The molecule has 0 fully saturated rings. The number of benzene rings is 1. The first kappa shape index (κ1) is 24.2. The Labute approximate surface area is 202 Å². The van der Waals surface area contributed by atoms with Crippen LogP contribution in [0.1, 0.15) is 68.7 Å². The number of hydrogen-bond acceptors (Lipinski definition) is 7. The van der Waals surface area contributed by atoms with E-state index in [1.165, 1.54) is 4.90 Å². The summed E-state index contributed by atoms with van der Waals surface area (Å²) in [6.07, 6.45) is -1.25. The van der Waals surface area contributed by atoms with Crippen molar-refractivity contribution in [2.24, 2.45) is 0 Å². The molecule has 0 bridgehead atoms. The average molecular weight is 484 g/mol. The summed E-state index contributed by atoms with van der Waals surface area (Å²) in [5.41, 5.74) is 1.27. The monoisotopic (exact) mass is 483 g/mol. The van der Waals surface area contributed by atoms with E-state index in [0.29, 0.717) is 22.5 Å². The summed E-state index contributed by atoms with van der Waals surface area (Å²) in [6, 6.07) is 4.98. The van der Waals surface area contributed by atoms with Crippen LogP contribution >= 0.6 is 0 Å². The van der Waals surface area contributed by atoms with Gasteiger partial charge in [0.2, 0.25) is 5.91 Å². The normalized spacial score (nSPS) is 15.8. The highest BCUT2D eigenvalue weighted by atomic mass is 16.6. The maximum atomic E-state index is 13.1. The third kappa shape index (κ3) is 4.45. The van der Waals surface area contributed by atoms with Crippen LogP contribution in [0.2, 0.25) is 0 Å². The molecule has 0 atom stereocenters. The lowest BCUT2D eigenvalue weighted by Crippen LogP contribution is -2.34. The molecule has 0 aliphatic carbocycles. The van der Waals surface area contributed by atoms with E-state index in [0.717, 1.165) is 10.2 Å². The van der Waals surface area contributed by atoms with Gasteiger partial charge in [-0.1, -0.05) is 6.07 Å². The molecule has 1 aromatic heterocycles. The van der Waals surface area contributed by atoms with Gasteiger partial charge in [-0.15, -0.1) is 5.10 Å². The summed E-state index contributed by atoms with van der Waals surface area (Å²) < 4.78 is 11.6. The van der Waals surface area contributed by atoms with Gasteiger partial charge in [-0.3, -0.25) is 14.5 Å². The molecule has 0 unspecified atom stereocenters. The smallest absolute Gasteiger partial charge is 0.435 e. The van der Waals surface area contributed by atoms with Gasteiger partial charge in [-0.25, -0.2) is 9.59 Å². The van der Waals surface area contributed by atoms with E-state index in [4.69, 9.17) is 9.47 Å². The van der Waals surface area contributed by atoms with Crippen molar-refractivity contribution in [3.63, 3.8) is 0 Å². The van der Waals surface area contributed by atoms with Crippen molar-refractivity contribution in [1.29, 1.82) is 0 Å². The van der Waals surface area contributed by atoms with E-state index in [-0.39, 0.29) is 31.4 Å². The maximum absolute atomic E-state index is 13.1. The Morgan fingerprint density at radius 1 is 1.17 bits per heavy atom. The molecule has 2 aromatic rings. The van der Waals surface area contributed by atoms with E-state index in [9.17, 15) is 19.2 Å². The molecule has 2 aliphatic rings. The zero-order chi connectivity index (χ0) is 25.7. The van der Waals surface area contributed by atoms with Gasteiger partial charge in [0.15, 0.2) is 5.82 Å². The van der Waals surface area contributed by atoms with Crippen LogP contribution in [0.15, 0.2) is 18.2 Å². The van der Waals surface area contributed by atoms with Gasteiger partial charge in [0, 0.05) is 16.8 Å². The largest absolute Gasteiger partial charge is 0.448 e. The lowest BCUT2D eigenvalue weighted by molar-refractivity contribution is -0.119. The van der Waals surface area contributed by atoms with Crippen LogP contribution < -0.4 is 10.6 Å². The van der Waals surface area contributed by atoms with Crippen LogP contribution in [0.5, 0.6) is 0 Å². The van der Waals surface area contributed by atoms with Crippen molar-refractivity contribution in [2.75, 3.05) is 17.2 Å². The average Bonchev–Trinajstić information content (AvgIpc) is 3.39. The van der Waals surface area contributed by atoms with Crippen LogP contribution in [-0.2, 0) is 32.8 Å². The quantitative estimate of drug-likeness (QED) is 0.681. The van der Waals surface area contributed by atoms with Gasteiger partial charge in [0.05, 0.1) is 30.8 Å². The Balaban J connectivity index is 1.61. The number of carbonyl (C=O) groups is 4. The van der Waals surface area contributed by atoms with Crippen LogP contribution in [0.4, 0.5) is 21.1 Å². The molecule has 0 saturated heterocycles. The standard InChI is InChI=1S/C24H29N5O6/c1-7-34-22(33)29-17-12-28(21(32)35-23(2,3)4)11-14(17)18(27-29)26-19(30)13-8-9-15-16(10-13)25-20(31)24(15,5)6/h8-10H,7,11-12H2,1-6H3,(H,25,31)(H,26,27,30). The van der Waals surface area contributed by atoms with Crippen LogP contribution in [0.3, 0.4) is 0 Å². The fraction of sp³-hybridized carbons (Fsp3) is 0.458. The number of ether oxygens (including phenoxy) is 2. The molecule has 0 saturated carbocycles. The molecule has 0 radical (unpaired) electrons. The number of hydrogen-bond donors (Lipinski definition) is 2. The van der Waals surface area contributed by atoms with Crippen LogP contribution in [-0.4, -0.2) is 50.9 Å². The van der Waals surface area contributed by atoms with Crippen molar-refractivity contribution in [2.45, 2.75) is 65.6 Å². The molecule has 2 aliphatic heterocycles. The minimum atomic E-state index is -0.710. The molecular weight excluding hydrogens is 454 g/mol. The van der Waals surface area contributed by atoms with E-state index < -0.39 is 29.1 Å². The van der Waals surface area contributed by atoms with Gasteiger partial charge >= 0.3 is 12.2 Å². The Hall–Kier alpha value is -3.89. The van der Waals surface area contributed by atoms with Gasteiger partial charge in [-0.2, -0.15) is 4.68 Å². The lowest BCUT2D eigenvalue weighted by Gasteiger charge is -2.24. The van der Waals surface area contributed by atoms with Crippen molar-refractivity contribution >= 4 is 35.5 Å². The first-order valence-electron chi connectivity index (χ1n) is 11.3. The highest BCUT2D eigenvalue weighted by Crippen LogP contribution is 2.38. The molecule has 1 aromatic carbocycles. The highest BCUT2D eigenvalue weighted by molar-refractivity contribution is 6.09. The van der Waals surface area contributed by atoms with Gasteiger partial charge in [0.1, 0.15) is 5.60 Å². The van der Waals surface area contributed by atoms with Crippen molar-refractivity contribution in [3.05, 3.63) is 40.6 Å². The second-order valence-corrected chi connectivity index (χ2v) is 10.0. The summed E-state index contributed by atoms with van der Waals surface area (Å²) in [5.74, 6) is -0.467. The maximum Gasteiger partial charge on any atom is 0.435 e. The van der Waals surface area contributed by atoms with Crippen molar-refractivity contribution < 1.29 is 28.7 Å². The number of carbonyl (C=O) groups excluding carboxylic acids is 4. The molecule has 4 rings (SSSR count). The number of amides is 3. The van der Waals surface area contributed by atoms with Gasteiger partial charge < -0.3 is 20.1 Å². The fourth-order valence-electron chi connectivity index (χ4n) is 4.05. The van der Waals surface area contributed by atoms with E-state index >= 15 is 0 Å². The highest BCUT2D eigenvalue weighted by Gasteiger charge is 2.39. The zero-order valence-corrected chi connectivity index (χ0v) is 20.6. The first-order chi connectivity index (χ1) is 16.3. The first-order valence-corrected chi connectivity index (χ1v) is 11.3. The molecule has 3 heterocycles. The van der Waals surface area contributed by atoms with E-state index in [1.54, 1.807) is 45.9 Å². The van der Waals surface area contributed by atoms with Crippen molar-refractivity contribution in [3.8, 4) is 0 Å². The second kappa shape index (κ2) is 8.40.